The van der Waals surface area contributed by atoms with E-state index in [2.05, 4.69) is 5.32 Å². The van der Waals surface area contributed by atoms with Gasteiger partial charge in [0.2, 0.25) is 6.79 Å². The van der Waals surface area contributed by atoms with Crippen LogP contribution in [-0.4, -0.2) is 36.0 Å². The summed E-state index contributed by atoms with van der Waals surface area (Å²) in [4.78, 5) is 38.5. The molecule has 2 aromatic rings. The maximum atomic E-state index is 13.3. The Morgan fingerprint density at radius 2 is 1.96 bits per heavy atom. The zero-order valence-electron chi connectivity index (χ0n) is 14.3. The van der Waals surface area contributed by atoms with Crippen molar-refractivity contribution in [2.24, 2.45) is 0 Å². The predicted molar refractivity (Wildman–Crippen MR) is 90.9 cm³/mol. The minimum atomic E-state index is -1.35. The minimum absolute atomic E-state index is 0.0874. The molecule has 2 aliphatic rings. The van der Waals surface area contributed by atoms with E-state index in [9.17, 15) is 18.8 Å². The van der Waals surface area contributed by atoms with Gasteiger partial charge in [0.05, 0.1) is 6.54 Å². The van der Waals surface area contributed by atoms with Gasteiger partial charge in [-0.2, -0.15) is 0 Å². The SMILES string of the molecule is CC1(c2ccc3c(c2)OCO3)NC(=O)N(CC(=O)c2cccc(F)c2)C1=O. The van der Waals surface area contributed by atoms with E-state index in [1.165, 1.54) is 18.2 Å². The molecule has 1 saturated heterocycles. The van der Waals surface area contributed by atoms with E-state index in [0.717, 1.165) is 11.0 Å². The molecule has 2 aliphatic heterocycles. The maximum absolute atomic E-state index is 13.3. The van der Waals surface area contributed by atoms with Crippen LogP contribution in [0.2, 0.25) is 0 Å². The van der Waals surface area contributed by atoms with Crippen LogP contribution in [0.15, 0.2) is 42.5 Å². The molecular weight excluding hydrogens is 355 g/mol. The summed E-state index contributed by atoms with van der Waals surface area (Å²) in [6.07, 6.45) is 0. The number of halogens is 1. The molecule has 0 radical (unpaired) electrons. The van der Waals surface area contributed by atoms with Gasteiger partial charge in [-0.15, -0.1) is 0 Å². The molecular formula is C19H15FN2O5. The molecule has 1 unspecified atom stereocenters. The number of hydrogen-bond donors (Lipinski definition) is 1. The van der Waals surface area contributed by atoms with E-state index < -0.39 is 35.6 Å². The molecule has 4 rings (SSSR count). The van der Waals surface area contributed by atoms with E-state index >= 15 is 0 Å². The molecule has 27 heavy (non-hydrogen) atoms. The Morgan fingerprint density at radius 1 is 1.19 bits per heavy atom. The van der Waals surface area contributed by atoms with Crippen molar-refractivity contribution in [1.82, 2.24) is 10.2 Å². The molecule has 7 nitrogen and oxygen atoms in total. The second-order valence-corrected chi connectivity index (χ2v) is 6.45. The van der Waals surface area contributed by atoms with Crippen molar-refractivity contribution in [3.63, 3.8) is 0 Å². The number of ketones is 1. The lowest BCUT2D eigenvalue weighted by Crippen LogP contribution is -2.41. The van der Waals surface area contributed by atoms with Gasteiger partial charge in [0.15, 0.2) is 17.3 Å². The van der Waals surface area contributed by atoms with Crippen molar-refractivity contribution in [1.29, 1.82) is 0 Å². The largest absolute Gasteiger partial charge is 0.454 e. The van der Waals surface area contributed by atoms with Gasteiger partial charge in [-0.25, -0.2) is 9.18 Å². The van der Waals surface area contributed by atoms with Crippen LogP contribution in [0.1, 0.15) is 22.8 Å². The second-order valence-electron chi connectivity index (χ2n) is 6.45. The van der Waals surface area contributed by atoms with Crippen LogP contribution in [-0.2, 0) is 10.3 Å². The van der Waals surface area contributed by atoms with Crippen molar-refractivity contribution in [2.75, 3.05) is 13.3 Å². The van der Waals surface area contributed by atoms with Gasteiger partial charge in [0, 0.05) is 5.56 Å². The number of hydrogen-bond acceptors (Lipinski definition) is 5. The number of urea groups is 1. The number of carbonyl (C=O) groups is 3. The third kappa shape index (κ3) is 2.79. The number of benzene rings is 2. The molecule has 2 aromatic carbocycles. The van der Waals surface area contributed by atoms with E-state index in [4.69, 9.17) is 9.47 Å². The molecule has 1 atom stereocenters. The minimum Gasteiger partial charge on any atom is -0.454 e. The fraction of sp³-hybridized carbons (Fsp3) is 0.211. The van der Waals surface area contributed by atoms with E-state index in [-0.39, 0.29) is 12.4 Å². The lowest BCUT2D eigenvalue weighted by molar-refractivity contribution is -0.130. The quantitative estimate of drug-likeness (QED) is 0.659. The molecule has 8 heteroatoms. The number of ether oxygens (including phenoxy) is 2. The van der Waals surface area contributed by atoms with E-state index in [1.54, 1.807) is 25.1 Å². The molecule has 2 heterocycles. The highest BCUT2D eigenvalue weighted by molar-refractivity contribution is 6.11. The number of nitrogens with zero attached hydrogens (tertiary/aromatic N) is 1. The van der Waals surface area contributed by atoms with E-state index in [0.29, 0.717) is 17.1 Å². The van der Waals surface area contributed by atoms with Crippen molar-refractivity contribution in [3.8, 4) is 11.5 Å². The maximum Gasteiger partial charge on any atom is 0.325 e. The summed E-state index contributed by atoms with van der Waals surface area (Å²) in [6.45, 7) is 1.16. The van der Waals surface area contributed by atoms with Gasteiger partial charge in [-0.1, -0.05) is 18.2 Å². The van der Waals surface area contributed by atoms with Crippen LogP contribution in [0.4, 0.5) is 9.18 Å². The summed E-state index contributed by atoms with van der Waals surface area (Å²) in [5, 5.41) is 2.62. The summed E-state index contributed by atoms with van der Waals surface area (Å²) in [7, 11) is 0. The standard InChI is InChI=1S/C19H15FN2O5/c1-19(12-5-6-15-16(8-12)27-10-26-15)17(24)22(18(25)21-19)9-14(23)11-3-2-4-13(20)7-11/h2-8H,9-10H2,1H3,(H,21,25). The lowest BCUT2D eigenvalue weighted by Gasteiger charge is -2.22. The first-order chi connectivity index (χ1) is 12.9. The van der Waals surface area contributed by atoms with Crippen LogP contribution in [0.5, 0.6) is 11.5 Å². The highest BCUT2D eigenvalue weighted by Gasteiger charge is 2.49. The van der Waals surface area contributed by atoms with Crippen molar-refractivity contribution in [2.45, 2.75) is 12.5 Å². The monoisotopic (exact) mass is 370 g/mol. The summed E-state index contributed by atoms with van der Waals surface area (Å²) >= 11 is 0. The Kier molecular flexibility index (Phi) is 3.83. The number of nitrogens with one attached hydrogen (secondary N) is 1. The molecule has 1 N–H and O–H groups in total. The van der Waals surface area contributed by atoms with Crippen LogP contribution < -0.4 is 14.8 Å². The number of imide groups is 1. The molecule has 138 valence electrons. The summed E-state index contributed by atoms with van der Waals surface area (Å²) in [6, 6.07) is 9.35. The molecule has 0 spiro atoms. The van der Waals surface area contributed by atoms with E-state index in [1.807, 2.05) is 0 Å². The van der Waals surface area contributed by atoms with Gasteiger partial charge in [-0.3, -0.25) is 14.5 Å². The molecule has 0 saturated carbocycles. The van der Waals surface area contributed by atoms with Gasteiger partial charge < -0.3 is 14.8 Å². The fourth-order valence-corrected chi connectivity index (χ4v) is 3.14. The first-order valence-corrected chi connectivity index (χ1v) is 8.21. The highest BCUT2D eigenvalue weighted by Crippen LogP contribution is 2.37. The third-order valence-electron chi connectivity index (χ3n) is 4.67. The second kappa shape index (κ2) is 6.08. The Hall–Kier alpha value is -3.42. The van der Waals surface area contributed by atoms with Gasteiger partial charge >= 0.3 is 6.03 Å². The zero-order chi connectivity index (χ0) is 19.2. The van der Waals surface area contributed by atoms with Gasteiger partial charge in [0.25, 0.3) is 5.91 Å². The Bertz CT molecular complexity index is 976. The van der Waals surface area contributed by atoms with Crippen LogP contribution in [0.25, 0.3) is 0 Å². The van der Waals surface area contributed by atoms with Gasteiger partial charge in [0.1, 0.15) is 11.4 Å². The van der Waals surface area contributed by atoms with Gasteiger partial charge in [-0.05, 0) is 36.8 Å². The molecule has 0 bridgehead atoms. The highest BCUT2D eigenvalue weighted by atomic mass is 19.1. The Labute approximate surface area is 153 Å². The smallest absolute Gasteiger partial charge is 0.325 e. The van der Waals surface area contributed by atoms with Crippen molar-refractivity contribution >= 4 is 17.7 Å². The topological polar surface area (TPSA) is 84.9 Å². The molecule has 0 aliphatic carbocycles. The first-order valence-electron chi connectivity index (χ1n) is 8.21. The Balaban J connectivity index is 1.59. The molecule has 1 fully saturated rings. The lowest BCUT2D eigenvalue weighted by atomic mass is 9.91. The number of carbonyl (C=O) groups excluding carboxylic acids is 3. The summed E-state index contributed by atoms with van der Waals surface area (Å²) in [5.41, 5.74) is -0.751. The Morgan fingerprint density at radius 3 is 2.74 bits per heavy atom. The number of rotatable bonds is 4. The summed E-state index contributed by atoms with van der Waals surface area (Å²) in [5.74, 6) is -0.644. The normalized spacial score (nSPS) is 20.7. The van der Waals surface area contributed by atoms with Crippen LogP contribution in [0.3, 0.4) is 0 Å². The van der Waals surface area contributed by atoms with Crippen LogP contribution >= 0.6 is 0 Å². The van der Waals surface area contributed by atoms with Crippen LogP contribution in [0, 0.1) is 5.82 Å². The third-order valence-corrected chi connectivity index (χ3v) is 4.67. The average Bonchev–Trinajstić information content (AvgIpc) is 3.20. The first kappa shape index (κ1) is 17.0. The number of amides is 3. The predicted octanol–water partition coefficient (Wildman–Crippen LogP) is 2.20. The molecule has 0 aromatic heterocycles. The summed E-state index contributed by atoms with van der Waals surface area (Å²) < 4.78 is 23.9. The molecule has 3 amide bonds. The average molecular weight is 370 g/mol. The number of fused-ring (bicyclic) bond motifs is 1. The van der Waals surface area contributed by atoms with Crippen molar-refractivity contribution < 1.29 is 28.2 Å². The zero-order valence-corrected chi connectivity index (χ0v) is 14.3. The fourth-order valence-electron chi connectivity index (χ4n) is 3.14. The van der Waals surface area contributed by atoms with Crippen molar-refractivity contribution in [3.05, 3.63) is 59.4 Å². The number of Topliss-reactive ketones (excluding diaryl/α,β-unsaturated/α-hetero) is 1.